The van der Waals surface area contributed by atoms with Gasteiger partial charge in [0, 0.05) is 11.8 Å². The lowest BCUT2D eigenvalue weighted by atomic mass is 9.89. The highest BCUT2D eigenvalue weighted by molar-refractivity contribution is 5.16. The third-order valence-corrected chi connectivity index (χ3v) is 2.25. The summed E-state index contributed by atoms with van der Waals surface area (Å²) in [7, 11) is 0. The zero-order valence-electron chi connectivity index (χ0n) is 9.93. The summed E-state index contributed by atoms with van der Waals surface area (Å²) in [6, 6.07) is 0. The number of H-pyrrole nitrogens is 1. The summed E-state index contributed by atoms with van der Waals surface area (Å²) in [4.78, 5) is 12.0. The second-order valence-electron chi connectivity index (χ2n) is 5.75. The van der Waals surface area contributed by atoms with Gasteiger partial charge in [-0.25, -0.2) is 4.68 Å². The number of hydrogen-bond donors (Lipinski definition) is 1. The van der Waals surface area contributed by atoms with Gasteiger partial charge in [-0.1, -0.05) is 20.8 Å². The first-order valence-electron chi connectivity index (χ1n) is 4.95. The Morgan fingerprint density at radius 3 is 1.86 bits per heavy atom. The average molecular weight is 196 g/mol. The Morgan fingerprint density at radius 2 is 1.64 bits per heavy atom. The highest BCUT2D eigenvalue weighted by atomic mass is 16.1. The van der Waals surface area contributed by atoms with Crippen LogP contribution < -0.4 is 5.56 Å². The Hall–Kier alpha value is -0.990. The van der Waals surface area contributed by atoms with E-state index >= 15 is 0 Å². The van der Waals surface area contributed by atoms with E-state index in [0.29, 0.717) is 0 Å². The van der Waals surface area contributed by atoms with Gasteiger partial charge < -0.3 is 5.10 Å². The van der Waals surface area contributed by atoms with E-state index in [9.17, 15) is 4.79 Å². The van der Waals surface area contributed by atoms with Gasteiger partial charge in [-0.05, 0) is 26.2 Å². The van der Waals surface area contributed by atoms with Crippen molar-refractivity contribution in [2.45, 2.75) is 52.5 Å². The average Bonchev–Trinajstić information content (AvgIpc) is 2.26. The van der Waals surface area contributed by atoms with Crippen molar-refractivity contribution in [2.24, 2.45) is 0 Å². The van der Waals surface area contributed by atoms with Crippen LogP contribution in [0.1, 0.15) is 47.1 Å². The molecule has 0 amide bonds. The van der Waals surface area contributed by atoms with Crippen molar-refractivity contribution in [3.05, 3.63) is 22.1 Å². The van der Waals surface area contributed by atoms with Crippen molar-refractivity contribution in [1.29, 1.82) is 0 Å². The van der Waals surface area contributed by atoms with Gasteiger partial charge >= 0.3 is 0 Å². The van der Waals surface area contributed by atoms with Crippen LogP contribution in [-0.4, -0.2) is 9.78 Å². The van der Waals surface area contributed by atoms with Crippen molar-refractivity contribution in [3.63, 3.8) is 0 Å². The van der Waals surface area contributed by atoms with Crippen molar-refractivity contribution in [2.75, 3.05) is 0 Å². The van der Waals surface area contributed by atoms with Gasteiger partial charge in [0.25, 0.3) is 5.56 Å². The highest BCUT2D eigenvalue weighted by Gasteiger charge is 2.24. The van der Waals surface area contributed by atoms with Crippen molar-refractivity contribution < 1.29 is 0 Å². The van der Waals surface area contributed by atoms with Crippen LogP contribution >= 0.6 is 0 Å². The molecule has 0 spiro atoms. The molecule has 3 nitrogen and oxygen atoms in total. The summed E-state index contributed by atoms with van der Waals surface area (Å²) < 4.78 is 1.67. The Kier molecular flexibility index (Phi) is 2.38. The predicted octanol–water partition coefficient (Wildman–Crippen LogP) is 2.23. The summed E-state index contributed by atoms with van der Waals surface area (Å²) in [5.41, 5.74) is 0.655. The van der Waals surface area contributed by atoms with E-state index in [-0.39, 0.29) is 16.5 Å². The molecule has 0 unspecified atom stereocenters. The van der Waals surface area contributed by atoms with Crippen molar-refractivity contribution in [3.8, 4) is 0 Å². The van der Waals surface area contributed by atoms with Gasteiger partial charge in [0.05, 0.1) is 5.54 Å². The van der Waals surface area contributed by atoms with Crippen LogP contribution in [0.5, 0.6) is 0 Å². The first-order chi connectivity index (χ1) is 6.14. The monoisotopic (exact) mass is 196 g/mol. The molecule has 14 heavy (non-hydrogen) atoms. The minimum Gasteiger partial charge on any atom is -0.302 e. The van der Waals surface area contributed by atoms with Crippen LogP contribution in [0, 0.1) is 0 Å². The molecular weight excluding hydrogens is 176 g/mol. The molecule has 0 aliphatic heterocycles. The van der Waals surface area contributed by atoms with E-state index in [1.165, 1.54) is 0 Å². The van der Waals surface area contributed by atoms with Gasteiger partial charge in [-0.2, -0.15) is 0 Å². The summed E-state index contributed by atoms with van der Waals surface area (Å²) in [5.74, 6) is 0. The molecule has 1 rings (SSSR count). The molecule has 0 fully saturated rings. The number of nitrogens with zero attached hydrogens (tertiary/aromatic N) is 1. The van der Waals surface area contributed by atoms with Crippen molar-refractivity contribution >= 4 is 0 Å². The molecule has 3 heteroatoms. The predicted molar refractivity (Wildman–Crippen MR) is 58.7 cm³/mol. The molecule has 0 atom stereocenters. The van der Waals surface area contributed by atoms with Crippen LogP contribution in [-0.2, 0) is 11.0 Å². The molecule has 1 heterocycles. The third kappa shape index (κ3) is 1.91. The summed E-state index contributed by atoms with van der Waals surface area (Å²) in [5, 5.41) is 3.02. The molecule has 0 saturated heterocycles. The Labute approximate surface area is 85.1 Å². The van der Waals surface area contributed by atoms with E-state index in [4.69, 9.17) is 0 Å². The van der Waals surface area contributed by atoms with Gasteiger partial charge in [0.1, 0.15) is 0 Å². The largest absolute Gasteiger partial charge is 0.302 e. The second-order valence-corrected chi connectivity index (χ2v) is 5.75. The number of rotatable bonds is 0. The summed E-state index contributed by atoms with van der Waals surface area (Å²) in [6.07, 6.45) is 1.81. The lowest BCUT2D eigenvalue weighted by Crippen LogP contribution is -2.35. The SMILES string of the molecule is CC(C)(C)c1c[nH]n(C(C)(C)C)c1=O. The molecule has 0 aliphatic rings. The minimum absolute atomic E-state index is 0.0880. The molecular formula is C11H20N2O. The number of aromatic nitrogens is 2. The maximum absolute atomic E-state index is 12.0. The molecule has 80 valence electrons. The maximum atomic E-state index is 12.0. The molecule has 0 saturated carbocycles. The lowest BCUT2D eigenvalue weighted by molar-refractivity contribution is 0.344. The summed E-state index contributed by atoms with van der Waals surface area (Å²) in [6.45, 7) is 12.2. The quantitative estimate of drug-likeness (QED) is 0.679. The molecule has 0 bridgehead atoms. The Morgan fingerprint density at radius 1 is 1.14 bits per heavy atom. The number of aromatic amines is 1. The first kappa shape index (κ1) is 11.1. The maximum Gasteiger partial charge on any atom is 0.270 e. The summed E-state index contributed by atoms with van der Waals surface area (Å²) >= 11 is 0. The van der Waals surface area contributed by atoms with Crippen molar-refractivity contribution in [1.82, 2.24) is 9.78 Å². The molecule has 1 N–H and O–H groups in total. The van der Waals surface area contributed by atoms with Crippen LogP contribution in [0.4, 0.5) is 0 Å². The fourth-order valence-corrected chi connectivity index (χ4v) is 1.41. The lowest BCUT2D eigenvalue weighted by Gasteiger charge is -2.20. The number of hydrogen-bond acceptors (Lipinski definition) is 1. The first-order valence-corrected chi connectivity index (χ1v) is 4.95. The number of nitrogens with one attached hydrogen (secondary N) is 1. The van der Waals surface area contributed by atoms with E-state index < -0.39 is 0 Å². The molecule has 0 aromatic carbocycles. The zero-order valence-corrected chi connectivity index (χ0v) is 9.93. The van der Waals surface area contributed by atoms with E-state index in [0.717, 1.165) is 5.56 Å². The van der Waals surface area contributed by atoms with E-state index in [2.05, 4.69) is 5.10 Å². The second kappa shape index (κ2) is 3.01. The smallest absolute Gasteiger partial charge is 0.270 e. The highest BCUT2D eigenvalue weighted by Crippen LogP contribution is 2.19. The van der Waals surface area contributed by atoms with Crippen LogP contribution in [0.2, 0.25) is 0 Å². The molecule has 0 radical (unpaired) electrons. The van der Waals surface area contributed by atoms with Gasteiger partial charge in [-0.3, -0.25) is 4.79 Å². The van der Waals surface area contributed by atoms with Gasteiger partial charge in [0.15, 0.2) is 0 Å². The Bertz CT molecular complexity index is 337. The third-order valence-electron chi connectivity index (χ3n) is 2.25. The molecule has 0 aliphatic carbocycles. The van der Waals surface area contributed by atoms with E-state index in [1.54, 1.807) is 4.68 Å². The topological polar surface area (TPSA) is 37.8 Å². The fraction of sp³-hybridized carbons (Fsp3) is 0.727. The Balaban J connectivity index is 3.31. The van der Waals surface area contributed by atoms with E-state index in [1.807, 2.05) is 47.7 Å². The normalized spacial score (nSPS) is 13.3. The van der Waals surface area contributed by atoms with Crippen LogP contribution in [0.25, 0.3) is 0 Å². The zero-order chi connectivity index (χ0) is 11.1. The molecule has 1 aromatic heterocycles. The molecule has 1 aromatic rings. The van der Waals surface area contributed by atoms with Crippen LogP contribution in [0.15, 0.2) is 11.0 Å². The minimum atomic E-state index is -0.180. The fourth-order valence-electron chi connectivity index (χ4n) is 1.41. The standard InChI is InChI=1S/C11H20N2O/c1-10(2,3)8-7-12-13(9(8)14)11(4,5)6/h7,12H,1-6H3. The van der Waals surface area contributed by atoms with Gasteiger partial charge in [-0.15, -0.1) is 0 Å². The van der Waals surface area contributed by atoms with Crippen LogP contribution in [0.3, 0.4) is 0 Å². The van der Waals surface area contributed by atoms with Gasteiger partial charge in [0.2, 0.25) is 0 Å².